The van der Waals surface area contributed by atoms with Crippen LogP contribution >= 0.6 is 0 Å². The van der Waals surface area contributed by atoms with E-state index in [-0.39, 0.29) is 17.8 Å². The maximum Gasteiger partial charge on any atom is 0.306 e. The molecule has 0 radical (unpaired) electrons. The van der Waals surface area contributed by atoms with Crippen molar-refractivity contribution in [2.45, 2.75) is 26.7 Å². The van der Waals surface area contributed by atoms with Gasteiger partial charge >= 0.3 is 11.9 Å². The molecule has 0 heterocycles. The van der Waals surface area contributed by atoms with Crippen molar-refractivity contribution >= 4 is 11.9 Å². The van der Waals surface area contributed by atoms with Crippen LogP contribution in [0.5, 0.6) is 0 Å². The van der Waals surface area contributed by atoms with Crippen molar-refractivity contribution in [2.24, 2.45) is 17.3 Å². The fourth-order valence-corrected chi connectivity index (χ4v) is 2.11. The van der Waals surface area contributed by atoms with Gasteiger partial charge in [0.1, 0.15) is 0 Å². The molecule has 1 rings (SSSR count). The molecule has 0 unspecified atom stereocenters. The van der Waals surface area contributed by atoms with Crippen molar-refractivity contribution in [3.05, 3.63) is 0 Å². The molecule has 13 heavy (non-hydrogen) atoms. The first-order valence-corrected chi connectivity index (χ1v) is 4.29. The van der Waals surface area contributed by atoms with Crippen LogP contribution in [0, 0.1) is 17.3 Å². The van der Waals surface area contributed by atoms with Gasteiger partial charge in [0, 0.05) is 6.42 Å². The summed E-state index contributed by atoms with van der Waals surface area (Å²) in [5.74, 6) is -2.47. The van der Waals surface area contributed by atoms with Gasteiger partial charge in [0.2, 0.25) is 0 Å². The van der Waals surface area contributed by atoms with E-state index < -0.39 is 17.9 Å². The van der Waals surface area contributed by atoms with Crippen molar-refractivity contribution in [3.63, 3.8) is 0 Å². The molecule has 0 aliphatic heterocycles. The normalized spacial score (nSPS) is 30.6. The Hall–Kier alpha value is -1.06. The first-order valence-electron chi connectivity index (χ1n) is 4.29. The Bertz CT molecular complexity index is 244. The van der Waals surface area contributed by atoms with E-state index in [4.69, 9.17) is 10.2 Å². The van der Waals surface area contributed by atoms with Crippen molar-refractivity contribution in [1.29, 1.82) is 0 Å². The van der Waals surface area contributed by atoms with Crippen LogP contribution in [0.3, 0.4) is 0 Å². The highest BCUT2D eigenvalue weighted by Gasteiger charge is 2.51. The van der Waals surface area contributed by atoms with Gasteiger partial charge in [-0.05, 0) is 17.8 Å². The SMILES string of the molecule is CC1(C)C[C@H](C(=O)O)[C@H]1CC(=O)O. The fraction of sp³-hybridized carbons (Fsp3) is 0.778. The molecule has 0 amide bonds. The molecule has 1 fully saturated rings. The van der Waals surface area contributed by atoms with Gasteiger partial charge in [0.05, 0.1) is 5.92 Å². The van der Waals surface area contributed by atoms with Gasteiger partial charge in [-0.1, -0.05) is 13.8 Å². The maximum atomic E-state index is 10.7. The third kappa shape index (κ3) is 1.82. The lowest BCUT2D eigenvalue weighted by Gasteiger charge is -2.48. The number of aliphatic carboxylic acids is 2. The highest BCUT2D eigenvalue weighted by Crippen LogP contribution is 2.52. The molecule has 2 N–H and O–H groups in total. The molecular formula is C9H14O4. The van der Waals surface area contributed by atoms with E-state index in [1.54, 1.807) is 0 Å². The third-order valence-electron chi connectivity index (χ3n) is 2.95. The molecule has 0 aromatic heterocycles. The van der Waals surface area contributed by atoms with Gasteiger partial charge in [0.25, 0.3) is 0 Å². The van der Waals surface area contributed by atoms with Gasteiger partial charge in [-0.25, -0.2) is 0 Å². The number of carboxylic acid groups (broad SMARTS) is 2. The highest BCUT2D eigenvalue weighted by molar-refractivity contribution is 5.74. The molecule has 0 spiro atoms. The van der Waals surface area contributed by atoms with Crippen LogP contribution < -0.4 is 0 Å². The average molecular weight is 186 g/mol. The second-order valence-corrected chi connectivity index (χ2v) is 4.34. The van der Waals surface area contributed by atoms with Gasteiger partial charge in [-0.2, -0.15) is 0 Å². The molecular weight excluding hydrogens is 172 g/mol. The molecule has 4 nitrogen and oxygen atoms in total. The quantitative estimate of drug-likeness (QED) is 0.694. The minimum Gasteiger partial charge on any atom is -0.481 e. The first kappa shape index (κ1) is 10.0. The summed E-state index contributed by atoms with van der Waals surface area (Å²) in [5.41, 5.74) is -0.137. The van der Waals surface area contributed by atoms with Crippen LogP contribution in [-0.2, 0) is 9.59 Å². The summed E-state index contributed by atoms with van der Waals surface area (Å²) in [5, 5.41) is 17.3. The molecule has 0 aromatic carbocycles. The minimum absolute atomic E-state index is 0.0377. The predicted molar refractivity (Wildman–Crippen MR) is 45.3 cm³/mol. The number of carbonyl (C=O) groups is 2. The zero-order valence-corrected chi connectivity index (χ0v) is 7.78. The second-order valence-electron chi connectivity index (χ2n) is 4.34. The third-order valence-corrected chi connectivity index (χ3v) is 2.95. The summed E-state index contributed by atoms with van der Waals surface area (Å²) in [6, 6.07) is 0. The lowest BCUT2D eigenvalue weighted by molar-refractivity contribution is -0.160. The Morgan fingerprint density at radius 1 is 1.38 bits per heavy atom. The molecule has 1 aliphatic rings. The van der Waals surface area contributed by atoms with Crippen LogP contribution in [0.25, 0.3) is 0 Å². The smallest absolute Gasteiger partial charge is 0.306 e. The lowest BCUT2D eigenvalue weighted by Crippen LogP contribution is -2.48. The number of hydrogen-bond donors (Lipinski definition) is 2. The summed E-state index contributed by atoms with van der Waals surface area (Å²) in [7, 11) is 0. The molecule has 0 saturated heterocycles. The van der Waals surface area contributed by atoms with E-state index >= 15 is 0 Å². The summed E-state index contributed by atoms with van der Waals surface area (Å²) in [6.45, 7) is 3.83. The lowest BCUT2D eigenvalue weighted by atomic mass is 9.54. The number of hydrogen-bond acceptors (Lipinski definition) is 2. The largest absolute Gasteiger partial charge is 0.481 e. The van der Waals surface area contributed by atoms with Crippen molar-refractivity contribution in [3.8, 4) is 0 Å². The molecule has 4 heteroatoms. The summed E-state index contributed by atoms with van der Waals surface area (Å²) in [4.78, 5) is 21.1. The van der Waals surface area contributed by atoms with Crippen molar-refractivity contribution in [1.82, 2.24) is 0 Å². The van der Waals surface area contributed by atoms with E-state index in [2.05, 4.69) is 0 Å². The monoisotopic (exact) mass is 186 g/mol. The van der Waals surface area contributed by atoms with Gasteiger partial charge in [0.15, 0.2) is 0 Å². The Kier molecular flexibility index (Phi) is 2.32. The highest BCUT2D eigenvalue weighted by atomic mass is 16.4. The average Bonchev–Trinajstić information content (AvgIpc) is 1.96. The van der Waals surface area contributed by atoms with E-state index in [0.717, 1.165) is 0 Å². The van der Waals surface area contributed by atoms with Crippen molar-refractivity contribution < 1.29 is 19.8 Å². The van der Waals surface area contributed by atoms with E-state index in [9.17, 15) is 9.59 Å². The van der Waals surface area contributed by atoms with E-state index in [0.29, 0.717) is 6.42 Å². The Balaban J connectivity index is 2.65. The Labute approximate surface area is 76.6 Å². The van der Waals surface area contributed by atoms with Crippen molar-refractivity contribution in [2.75, 3.05) is 0 Å². The van der Waals surface area contributed by atoms with Crippen LogP contribution in [0.15, 0.2) is 0 Å². The summed E-state index contributed by atoms with van der Waals surface area (Å²) < 4.78 is 0. The van der Waals surface area contributed by atoms with Gasteiger partial charge in [-0.15, -0.1) is 0 Å². The molecule has 1 saturated carbocycles. The van der Waals surface area contributed by atoms with E-state index in [1.807, 2.05) is 13.8 Å². The molecule has 1 aliphatic carbocycles. The number of carboxylic acids is 2. The van der Waals surface area contributed by atoms with E-state index in [1.165, 1.54) is 0 Å². The molecule has 0 aromatic rings. The zero-order chi connectivity index (χ0) is 10.2. The first-order chi connectivity index (χ1) is 5.84. The minimum atomic E-state index is -0.913. The van der Waals surface area contributed by atoms with Gasteiger partial charge < -0.3 is 10.2 Å². The Morgan fingerprint density at radius 2 is 1.92 bits per heavy atom. The van der Waals surface area contributed by atoms with Crippen LogP contribution in [-0.4, -0.2) is 22.2 Å². The second kappa shape index (κ2) is 3.01. The zero-order valence-electron chi connectivity index (χ0n) is 7.78. The fourth-order valence-electron chi connectivity index (χ4n) is 2.11. The van der Waals surface area contributed by atoms with Crippen LogP contribution in [0.1, 0.15) is 26.7 Å². The van der Waals surface area contributed by atoms with Gasteiger partial charge in [-0.3, -0.25) is 9.59 Å². The standard InChI is InChI=1S/C9H14O4/c1-9(2)4-5(8(12)13)6(9)3-7(10)11/h5-6H,3-4H2,1-2H3,(H,10,11)(H,12,13)/t5-,6+/m0/s1. The predicted octanol–water partition coefficient (Wildman–Crippen LogP) is 1.21. The van der Waals surface area contributed by atoms with Crippen LogP contribution in [0.4, 0.5) is 0 Å². The maximum absolute atomic E-state index is 10.7. The summed E-state index contributed by atoms with van der Waals surface area (Å²) in [6.07, 6.45) is 0.546. The number of rotatable bonds is 3. The Morgan fingerprint density at radius 3 is 2.23 bits per heavy atom. The topological polar surface area (TPSA) is 74.6 Å². The van der Waals surface area contributed by atoms with Crippen LogP contribution in [0.2, 0.25) is 0 Å². The molecule has 74 valence electrons. The molecule has 0 bridgehead atoms. The summed E-state index contributed by atoms with van der Waals surface area (Å²) >= 11 is 0. The molecule has 2 atom stereocenters.